The summed E-state index contributed by atoms with van der Waals surface area (Å²) in [7, 11) is 0. The molecule has 0 aliphatic rings. The molecule has 7 heteroatoms. The summed E-state index contributed by atoms with van der Waals surface area (Å²) < 4.78 is 0.961. The normalized spacial score (nSPS) is 10.1. The van der Waals surface area contributed by atoms with E-state index in [0.717, 1.165) is 15.7 Å². The van der Waals surface area contributed by atoms with Crippen LogP contribution in [0.1, 0.15) is 16.2 Å². The van der Waals surface area contributed by atoms with Gasteiger partial charge in [-0.3, -0.25) is 4.79 Å². The fourth-order valence-corrected chi connectivity index (χ4v) is 1.68. The topological polar surface area (TPSA) is 83.6 Å². The Bertz CT molecular complexity index is 511. The van der Waals surface area contributed by atoms with E-state index in [1.54, 1.807) is 6.07 Å². The van der Waals surface area contributed by atoms with Gasteiger partial charge in [0.1, 0.15) is 0 Å². The van der Waals surface area contributed by atoms with Crippen LogP contribution in [0.3, 0.4) is 0 Å². The van der Waals surface area contributed by atoms with Crippen molar-refractivity contribution >= 4 is 27.5 Å². The summed E-state index contributed by atoms with van der Waals surface area (Å²) in [5.74, 6) is -0.374. The number of H-pyrrole nitrogens is 1. The summed E-state index contributed by atoms with van der Waals surface area (Å²) in [6, 6.07) is 5.56. The smallest absolute Gasteiger partial charge is 0.297 e. The maximum Gasteiger partial charge on any atom is 0.297 e. The predicted molar refractivity (Wildman–Crippen MR) is 61.0 cm³/mol. The van der Waals surface area contributed by atoms with Gasteiger partial charge in [-0.1, -0.05) is 15.9 Å². The van der Waals surface area contributed by atoms with Crippen molar-refractivity contribution in [3.63, 3.8) is 0 Å². The van der Waals surface area contributed by atoms with Crippen molar-refractivity contribution in [1.82, 2.24) is 20.6 Å². The van der Waals surface area contributed by atoms with E-state index in [1.807, 2.05) is 19.1 Å². The molecule has 0 spiro atoms. The summed E-state index contributed by atoms with van der Waals surface area (Å²) in [6.45, 7) is 1.90. The van der Waals surface area contributed by atoms with Gasteiger partial charge < -0.3 is 5.32 Å². The van der Waals surface area contributed by atoms with E-state index >= 15 is 0 Å². The molecule has 2 rings (SSSR count). The first-order chi connectivity index (χ1) is 7.66. The minimum atomic E-state index is -0.390. The zero-order valence-electron chi connectivity index (χ0n) is 8.36. The zero-order chi connectivity index (χ0) is 11.5. The van der Waals surface area contributed by atoms with Gasteiger partial charge in [0.05, 0.1) is 0 Å². The SMILES string of the molecule is Cc1cc(Br)ccc1NC(=O)c1nn[nH]n1. The van der Waals surface area contributed by atoms with E-state index in [1.165, 1.54) is 0 Å². The number of amides is 1. The lowest BCUT2D eigenvalue weighted by atomic mass is 10.2. The lowest BCUT2D eigenvalue weighted by Gasteiger charge is -2.06. The van der Waals surface area contributed by atoms with Crippen LogP contribution in [0.25, 0.3) is 0 Å². The molecule has 0 bridgehead atoms. The number of rotatable bonds is 2. The Morgan fingerprint density at radius 1 is 1.50 bits per heavy atom. The molecule has 0 fully saturated rings. The summed E-state index contributed by atoms with van der Waals surface area (Å²) in [4.78, 5) is 11.6. The van der Waals surface area contributed by atoms with E-state index in [4.69, 9.17) is 0 Å². The number of benzene rings is 1. The second-order valence-electron chi connectivity index (χ2n) is 3.15. The number of anilines is 1. The Morgan fingerprint density at radius 3 is 2.94 bits per heavy atom. The second kappa shape index (κ2) is 4.40. The predicted octanol–water partition coefficient (Wildman–Crippen LogP) is 1.52. The van der Waals surface area contributed by atoms with Crippen LogP contribution in [0.2, 0.25) is 0 Å². The Kier molecular flexibility index (Phi) is 2.95. The van der Waals surface area contributed by atoms with Crippen molar-refractivity contribution in [3.05, 3.63) is 34.1 Å². The van der Waals surface area contributed by atoms with Gasteiger partial charge in [0.15, 0.2) is 0 Å². The van der Waals surface area contributed by atoms with Crippen LogP contribution < -0.4 is 5.32 Å². The van der Waals surface area contributed by atoms with E-state index in [-0.39, 0.29) is 11.7 Å². The van der Waals surface area contributed by atoms with E-state index in [9.17, 15) is 4.79 Å². The first-order valence-electron chi connectivity index (χ1n) is 4.48. The van der Waals surface area contributed by atoms with Crippen LogP contribution in [0.15, 0.2) is 22.7 Å². The highest BCUT2D eigenvalue weighted by molar-refractivity contribution is 9.10. The number of nitrogens with one attached hydrogen (secondary N) is 2. The average Bonchev–Trinajstić information content (AvgIpc) is 2.75. The molecule has 0 saturated heterocycles. The highest BCUT2D eigenvalue weighted by Crippen LogP contribution is 2.20. The van der Waals surface area contributed by atoms with Crippen molar-refractivity contribution in [3.8, 4) is 0 Å². The molecule has 0 atom stereocenters. The molecule has 1 aromatic heterocycles. The van der Waals surface area contributed by atoms with Gasteiger partial charge in [0.25, 0.3) is 11.7 Å². The zero-order valence-corrected chi connectivity index (χ0v) is 9.95. The molecule has 0 unspecified atom stereocenters. The number of aromatic nitrogens is 4. The minimum Gasteiger partial charge on any atom is -0.319 e. The molecule has 1 aromatic carbocycles. The lowest BCUT2D eigenvalue weighted by Crippen LogP contribution is -2.14. The number of aryl methyl sites for hydroxylation is 1. The van der Waals surface area contributed by atoms with Crippen molar-refractivity contribution in [2.45, 2.75) is 6.92 Å². The molecule has 2 N–H and O–H groups in total. The number of carbonyl (C=O) groups is 1. The van der Waals surface area contributed by atoms with Crippen molar-refractivity contribution in [2.24, 2.45) is 0 Å². The first-order valence-corrected chi connectivity index (χ1v) is 5.27. The maximum absolute atomic E-state index is 11.6. The quantitative estimate of drug-likeness (QED) is 0.874. The maximum atomic E-state index is 11.6. The number of hydrogen-bond donors (Lipinski definition) is 2. The van der Waals surface area contributed by atoms with Gasteiger partial charge in [-0.05, 0) is 35.9 Å². The first kappa shape index (κ1) is 10.7. The van der Waals surface area contributed by atoms with E-state index in [0.29, 0.717) is 0 Å². The van der Waals surface area contributed by atoms with Crippen molar-refractivity contribution < 1.29 is 4.79 Å². The van der Waals surface area contributed by atoms with Gasteiger partial charge >= 0.3 is 0 Å². The molecule has 1 amide bonds. The Morgan fingerprint density at radius 2 is 2.31 bits per heavy atom. The van der Waals surface area contributed by atoms with Crippen molar-refractivity contribution in [1.29, 1.82) is 0 Å². The molecular formula is C9H8BrN5O. The van der Waals surface area contributed by atoms with Crippen LogP contribution in [-0.4, -0.2) is 26.5 Å². The molecular weight excluding hydrogens is 274 g/mol. The van der Waals surface area contributed by atoms with Gasteiger partial charge in [-0.25, -0.2) is 0 Å². The van der Waals surface area contributed by atoms with Crippen LogP contribution in [0.5, 0.6) is 0 Å². The number of aromatic amines is 1. The highest BCUT2D eigenvalue weighted by atomic mass is 79.9. The Labute approximate surface area is 99.6 Å². The molecule has 6 nitrogen and oxygen atoms in total. The summed E-state index contributed by atoms with van der Waals surface area (Å²) in [5, 5.41) is 15.4. The third-order valence-electron chi connectivity index (χ3n) is 1.99. The number of nitrogens with zero attached hydrogens (tertiary/aromatic N) is 3. The number of tetrazole rings is 1. The van der Waals surface area contributed by atoms with Crippen LogP contribution >= 0.6 is 15.9 Å². The van der Waals surface area contributed by atoms with Crippen LogP contribution in [-0.2, 0) is 0 Å². The molecule has 0 aliphatic heterocycles. The number of hydrogen-bond acceptors (Lipinski definition) is 4. The fraction of sp³-hybridized carbons (Fsp3) is 0.111. The van der Waals surface area contributed by atoms with E-state index < -0.39 is 0 Å². The molecule has 0 saturated carbocycles. The molecule has 82 valence electrons. The number of halogens is 1. The summed E-state index contributed by atoms with van der Waals surface area (Å²) >= 11 is 3.35. The average molecular weight is 282 g/mol. The molecule has 0 radical (unpaired) electrons. The summed E-state index contributed by atoms with van der Waals surface area (Å²) in [5.41, 5.74) is 1.67. The Balaban J connectivity index is 2.18. The monoisotopic (exact) mass is 281 g/mol. The molecule has 1 heterocycles. The van der Waals surface area contributed by atoms with E-state index in [2.05, 4.69) is 41.9 Å². The Hall–Kier alpha value is -1.76. The van der Waals surface area contributed by atoms with Crippen LogP contribution in [0.4, 0.5) is 5.69 Å². The standard InChI is InChI=1S/C9H8BrN5O/c1-5-4-6(10)2-3-7(5)11-9(16)8-12-14-15-13-8/h2-4H,1H3,(H,11,16)(H,12,13,14,15). The van der Waals surface area contributed by atoms with Gasteiger partial charge in [0.2, 0.25) is 0 Å². The fourth-order valence-electron chi connectivity index (χ4n) is 1.20. The lowest BCUT2D eigenvalue weighted by molar-refractivity contribution is 0.101. The van der Waals surface area contributed by atoms with Gasteiger partial charge in [-0.15, -0.1) is 10.2 Å². The molecule has 2 aromatic rings. The van der Waals surface area contributed by atoms with Gasteiger partial charge in [-0.2, -0.15) is 5.21 Å². The third-order valence-corrected chi connectivity index (χ3v) is 2.48. The number of carbonyl (C=O) groups excluding carboxylic acids is 1. The molecule has 0 aliphatic carbocycles. The van der Waals surface area contributed by atoms with Gasteiger partial charge in [0, 0.05) is 10.2 Å². The van der Waals surface area contributed by atoms with Crippen LogP contribution in [0, 0.1) is 6.92 Å². The second-order valence-corrected chi connectivity index (χ2v) is 4.06. The third kappa shape index (κ3) is 2.25. The highest BCUT2D eigenvalue weighted by Gasteiger charge is 2.11. The minimum absolute atomic E-state index is 0.0160. The largest absolute Gasteiger partial charge is 0.319 e. The van der Waals surface area contributed by atoms with Crippen molar-refractivity contribution in [2.75, 3.05) is 5.32 Å². The summed E-state index contributed by atoms with van der Waals surface area (Å²) in [6.07, 6.45) is 0. The molecule has 16 heavy (non-hydrogen) atoms.